The van der Waals surface area contributed by atoms with E-state index < -0.39 is 0 Å². The zero-order valence-corrected chi connectivity index (χ0v) is 13.8. The molecular formula is C16H10BrN3OS. The second kappa shape index (κ2) is 7.04. The summed E-state index contributed by atoms with van der Waals surface area (Å²) in [5.41, 5.74) is 0.544. The Morgan fingerprint density at radius 1 is 1.36 bits per heavy atom. The average Bonchev–Trinajstić information content (AvgIpc) is 2.81. The molecule has 1 aromatic heterocycles. The van der Waals surface area contributed by atoms with E-state index in [9.17, 15) is 4.79 Å². The lowest BCUT2D eigenvalue weighted by Gasteiger charge is -1.95. The van der Waals surface area contributed by atoms with Crippen LogP contribution in [0.4, 0.5) is 0 Å². The molecule has 0 aliphatic rings. The van der Waals surface area contributed by atoms with E-state index in [-0.39, 0.29) is 17.7 Å². The van der Waals surface area contributed by atoms with Gasteiger partial charge < -0.3 is 0 Å². The number of nitrogens with zero attached hydrogens (tertiary/aromatic N) is 3. The largest absolute Gasteiger partial charge is 0.293 e. The molecule has 22 heavy (non-hydrogen) atoms. The van der Waals surface area contributed by atoms with E-state index in [1.165, 1.54) is 4.57 Å². The zero-order valence-electron chi connectivity index (χ0n) is 11.4. The van der Waals surface area contributed by atoms with Gasteiger partial charge in [-0.1, -0.05) is 40.2 Å². The van der Waals surface area contributed by atoms with Gasteiger partial charge in [0, 0.05) is 11.0 Å². The summed E-state index contributed by atoms with van der Waals surface area (Å²) in [6, 6.07) is 11.2. The minimum absolute atomic E-state index is 0.0734. The van der Waals surface area contributed by atoms with Crippen molar-refractivity contribution in [2.24, 2.45) is 0 Å². The number of benzene rings is 1. The highest BCUT2D eigenvalue weighted by Gasteiger charge is 2.08. The first-order chi connectivity index (χ1) is 10.6. The van der Waals surface area contributed by atoms with Crippen molar-refractivity contribution < 1.29 is 0 Å². The van der Waals surface area contributed by atoms with Crippen LogP contribution in [0, 0.1) is 22.7 Å². The summed E-state index contributed by atoms with van der Waals surface area (Å²) in [4.78, 5) is 12.5. The Morgan fingerprint density at radius 3 is 2.64 bits per heavy atom. The third-order valence-corrected chi connectivity index (χ3v) is 4.70. The van der Waals surface area contributed by atoms with Crippen LogP contribution in [0.3, 0.4) is 0 Å². The number of allylic oxidation sites excluding steroid dienone is 1. The Bertz CT molecular complexity index is 970. The van der Waals surface area contributed by atoms with E-state index in [2.05, 4.69) is 22.5 Å². The molecule has 1 heterocycles. The molecule has 0 atom stereocenters. The molecule has 2 aromatic rings. The predicted molar refractivity (Wildman–Crippen MR) is 90.4 cm³/mol. The molecular weight excluding hydrogens is 362 g/mol. The van der Waals surface area contributed by atoms with Crippen molar-refractivity contribution in [1.29, 1.82) is 10.5 Å². The van der Waals surface area contributed by atoms with Gasteiger partial charge in [-0.3, -0.25) is 9.36 Å². The number of nitriles is 2. The first kappa shape index (κ1) is 16.0. The van der Waals surface area contributed by atoms with Crippen molar-refractivity contribution in [3.8, 4) is 12.1 Å². The Kier molecular flexibility index (Phi) is 5.11. The van der Waals surface area contributed by atoms with Crippen LogP contribution in [0.5, 0.6) is 0 Å². The molecule has 0 amide bonds. The van der Waals surface area contributed by atoms with Gasteiger partial charge >= 0.3 is 0 Å². The molecule has 0 N–H and O–H groups in total. The topological polar surface area (TPSA) is 69.6 Å². The SMILES string of the molecule is C=CCn1c(=C(C#N)C#N)sc(=Cc2ccccc2Br)c1=O. The van der Waals surface area contributed by atoms with Gasteiger partial charge in [0.15, 0.2) is 5.57 Å². The molecule has 0 unspecified atom stereocenters. The monoisotopic (exact) mass is 371 g/mol. The normalized spacial score (nSPS) is 10.8. The number of aromatic nitrogens is 1. The highest BCUT2D eigenvalue weighted by Crippen LogP contribution is 2.15. The predicted octanol–water partition coefficient (Wildman–Crippen LogP) is 1.88. The molecule has 0 spiro atoms. The van der Waals surface area contributed by atoms with Crippen LogP contribution < -0.4 is 14.8 Å². The van der Waals surface area contributed by atoms with Gasteiger partial charge in [0.2, 0.25) is 0 Å². The highest BCUT2D eigenvalue weighted by atomic mass is 79.9. The Hall–Kier alpha value is -2.41. The van der Waals surface area contributed by atoms with Crippen LogP contribution in [-0.2, 0) is 6.54 Å². The summed E-state index contributed by atoms with van der Waals surface area (Å²) in [7, 11) is 0. The molecule has 0 fully saturated rings. The maximum absolute atomic E-state index is 12.5. The van der Waals surface area contributed by atoms with E-state index in [0.717, 1.165) is 21.4 Å². The van der Waals surface area contributed by atoms with Gasteiger partial charge in [0.1, 0.15) is 16.8 Å². The maximum Gasteiger partial charge on any atom is 0.269 e. The van der Waals surface area contributed by atoms with Crippen LogP contribution in [0.1, 0.15) is 5.56 Å². The summed E-state index contributed by atoms with van der Waals surface area (Å²) in [6.45, 7) is 3.86. The number of halogens is 1. The van der Waals surface area contributed by atoms with Crippen molar-refractivity contribution in [2.75, 3.05) is 0 Å². The van der Waals surface area contributed by atoms with Crippen LogP contribution in [0.2, 0.25) is 0 Å². The summed E-state index contributed by atoms with van der Waals surface area (Å²) >= 11 is 4.56. The molecule has 0 radical (unpaired) electrons. The van der Waals surface area contributed by atoms with E-state index >= 15 is 0 Å². The molecule has 4 nitrogen and oxygen atoms in total. The van der Waals surface area contributed by atoms with E-state index in [4.69, 9.17) is 10.5 Å². The van der Waals surface area contributed by atoms with Crippen molar-refractivity contribution in [1.82, 2.24) is 4.57 Å². The Balaban J connectivity index is 2.85. The maximum atomic E-state index is 12.5. The second-order valence-corrected chi connectivity index (χ2v) is 6.13. The van der Waals surface area contributed by atoms with Crippen LogP contribution in [-0.4, -0.2) is 4.57 Å². The van der Waals surface area contributed by atoms with Crippen molar-refractivity contribution in [3.05, 3.63) is 66.5 Å². The fourth-order valence-corrected chi connectivity index (χ4v) is 3.31. The summed E-state index contributed by atoms with van der Waals surface area (Å²) < 4.78 is 3.08. The van der Waals surface area contributed by atoms with Crippen LogP contribution in [0.15, 0.2) is 46.2 Å². The van der Waals surface area contributed by atoms with Gasteiger partial charge in [-0.05, 0) is 17.7 Å². The Morgan fingerprint density at radius 2 is 2.05 bits per heavy atom. The molecule has 2 rings (SSSR count). The van der Waals surface area contributed by atoms with Gasteiger partial charge in [0.25, 0.3) is 5.56 Å². The lowest BCUT2D eigenvalue weighted by Crippen LogP contribution is -2.31. The van der Waals surface area contributed by atoms with Crippen molar-refractivity contribution in [2.45, 2.75) is 6.54 Å². The minimum atomic E-state index is -0.237. The van der Waals surface area contributed by atoms with Gasteiger partial charge in [-0.15, -0.1) is 17.9 Å². The molecule has 0 aliphatic heterocycles. The third kappa shape index (κ3) is 3.09. The summed E-state index contributed by atoms with van der Waals surface area (Å²) in [5.74, 6) is 0. The first-order valence-corrected chi connectivity index (χ1v) is 7.84. The minimum Gasteiger partial charge on any atom is -0.293 e. The third-order valence-electron chi connectivity index (χ3n) is 2.85. The fourth-order valence-electron chi connectivity index (χ4n) is 1.85. The molecule has 0 bridgehead atoms. The van der Waals surface area contributed by atoms with Gasteiger partial charge in [-0.2, -0.15) is 10.5 Å². The Labute approximate surface area is 139 Å². The molecule has 6 heteroatoms. The van der Waals surface area contributed by atoms with Gasteiger partial charge in [-0.25, -0.2) is 0 Å². The van der Waals surface area contributed by atoms with Crippen LogP contribution >= 0.6 is 27.3 Å². The number of hydrogen-bond donors (Lipinski definition) is 0. The van der Waals surface area contributed by atoms with E-state index in [0.29, 0.717) is 9.20 Å². The number of hydrogen-bond acceptors (Lipinski definition) is 4. The first-order valence-electron chi connectivity index (χ1n) is 6.23. The highest BCUT2D eigenvalue weighted by molar-refractivity contribution is 9.10. The lowest BCUT2D eigenvalue weighted by atomic mass is 10.2. The van der Waals surface area contributed by atoms with E-state index in [1.54, 1.807) is 12.2 Å². The standard InChI is InChI=1S/C16H10BrN3OS/c1-2-7-20-15(21)14(22-16(20)12(9-18)10-19)8-11-5-3-4-6-13(11)17/h2-6,8H,1,7H2. The van der Waals surface area contributed by atoms with Crippen molar-refractivity contribution >= 4 is 38.9 Å². The number of rotatable bonds is 3. The molecule has 1 aromatic carbocycles. The number of thiazole rings is 1. The zero-order chi connectivity index (χ0) is 16.1. The average molecular weight is 372 g/mol. The quantitative estimate of drug-likeness (QED) is 0.773. The lowest BCUT2D eigenvalue weighted by molar-refractivity contribution is 0.775. The molecule has 108 valence electrons. The fraction of sp³-hybridized carbons (Fsp3) is 0.0625. The molecule has 0 saturated carbocycles. The smallest absolute Gasteiger partial charge is 0.269 e. The molecule has 0 saturated heterocycles. The van der Waals surface area contributed by atoms with Crippen LogP contribution in [0.25, 0.3) is 11.6 Å². The second-order valence-electron chi connectivity index (χ2n) is 4.24. The summed E-state index contributed by atoms with van der Waals surface area (Å²) in [6.07, 6.45) is 3.30. The van der Waals surface area contributed by atoms with Crippen molar-refractivity contribution in [3.63, 3.8) is 0 Å². The van der Waals surface area contributed by atoms with Gasteiger partial charge in [0.05, 0.1) is 4.53 Å². The summed E-state index contributed by atoms with van der Waals surface area (Å²) in [5, 5.41) is 18.1. The van der Waals surface area contributed by atoms with E-state index in [1.807, 2.05) is 36.4 Å². The molecule has 0 aliphatic carbocycles.